The average molecular weight is 400 g/mol. The summed E-state index contributed by atoms with van der Waals surface area (Å²) >= 11 is 0. The highest BCUT2D eigenvalue weighted by atomic mass is 28.4. The molecule has 0 heterocycles. The van der Waals surface area contributed by atoms with Crippen LogP contribution in [0.25, 0.3) is 0 Å². The second-order valence-corrected chi connectivity index (χ2v) is 8.74. The second-order valence-electron chi connectivity index (χ2n) is 5.65. The first kappa shape index (κ1) is 23.0. The predicted octanol–water partition coefficient (Wildman–Crippen LogP) is 2.91. The van der Waals surface area contributed by atoms with Crippen LogP contribution in [0, 0.1) is 4.91 Å². The smallest absolute Gasteiger partial charge is 0.448 e. The summed E-state index contributed by atoms with van der Waals surface area (Å²) < 4.78 is 21.2. The van der Waals surface area contributed by atoms with E-state index in [-0.39, 0.29) is 6.61 Å². The number of carbonyl (C=O) groups is 1. The molecule has 0 saturated heterocycles. The third-order valence-electron chi connectivity index (χ3n) is 4.16. The van der Waals surface area contributed by atoms with Crippen LogP contribution < -0.4 is 10.2 Å². The van der Waals surface area contributed by atoms with E-state index in [2.05, 4.69) is 10.5 Å². The first-order chi connectivity index (χ1) is 13.0. The highest BCUT2D eigenvalue weighted by Gasteiger charge is 2.36. The first-order valence-corrected chi connectivity index (χ1v) is 10.7. The monoisotopic (exact) mass is 399 g/mol. The van der Waals surface area contributed by atoms with Crippen LogP contribution in [0.3, 0.4) is 0 Å². The highest BCUT2D eigenvalue weighted by Crippen LogP contribution is 2.19. The summed E-state index contributed by atoms with van der Waals surface area (Å²) in [5.74, 6) is 0. The lowest BCUT2D eigenvalue weighted by Crippen LogP contribution is -2.43. The number of amides is 1. The molecule has 0 atom stereocenters. The number of nitrogens with zero attached hydrogens (tertiary/aromatic N) is 2. The van der Waals surface area contributed by atoms with Crippen LogP contribution in [0.4, 0.5) is 16.2 Å². The molecule has 1 aromatic carbocycles. The van der Waals surface area contributed by atoms with E-state index in [1.165, 1.54) is 0 Å². The van der Waals surface area contributed by atoms with Crippen LogP contribution in [0.5, 0.6) is 0 Å². The normalized spacial score (nSPS) is 11.1. The summed E-state index contributed by atoms with van der Waals surface area (Å²) in [4.78, 5) is 24.3. The molecule has 0 aliphatic rings. The summed E-state index contributed by atoms with van der Waals surface area (Å²) in [7, 11) is 2.07. The van der Waals surface area contributed by atoms with Gasteiger partial charge < -0.3 is 28.2 Å². The first-order valence-electron chi connectivity index (χ1n) is 8.78. The Balaban J connectivity index is 2.29. The van der Waals surface area contributed by atoms with Gasteiger partial charge in [0, 0.05) is 46.2 Å². The molecule has 10 heteroatoms. The van der Waals surface area contributed by atoms with Crippen molar-refractivity contribution in [3.8, 4) is 0 Å². The minimum Gasteiger partial charge on any atom is -0.448 e. The van der Waals surface area contributed by atoms with Gasteiger partial charge in [-0.3, -0.25) is 0 Å². The summed E-state index contributed by atoms with van der Waals surface area (Å²) in [6.45, 7) is 3.99. The van der Waals surface area contributed by atoms with Gasteiger partial charge in [-0.15, -0.1) is 4.91 Å². The topological polar surface area (TPSA) is 98.7 Å². The van der Waals surface area contributed by atoms with Crippen molar-refractivity contribution in [2.24, 2.45) is 5.18 Å². The Bertz CT molecular complexity index is 560. The average Bonchev–Trinajstić information content (AvgIpc) is 2.72. The maximum atomic E-state index is 11.8. The van der Waals surface area contributed by atoms with Crippen LogP contribution in [-0.4, -0.2) is 62.5 Å². The summed E-state index contributed by atoms with van der Waals surface area (Å²) in [5.41, 5.74) is 1.32. The number of nitroso groups, excluding NO2 is 1. The highest BCUT2D eigenvalue weighted by molar-refractivity contribution is 6.60. The Morgan fingerprint density at radius 2 is 1.78 bits per heavy atom. The van der Waals surface area contributed by atoms with E-state index < -0.39 is 14.9 Å². The van der Waals surface area contributed by atoms with Crippen LogP contribution in [0.2, 0.25) is 6.04 Å². The molecule has 0 saturated carbocycles. The number of hydrogen-bond acceptors (Lipinski definition) is 8. The molecule has 1 N–H and O–H groups in total. The van der Waals surface area contributed by atoms with Gasteiger partial charge in [-0.1, -0.05) is 0 Å². The van der Waals surface area contributed by atoms with Gasteiger partial charge in [0.2, 0.25) is 0 Å². The zero-order valence-corrected chi connectivity index (χ0v) is 17.4. The third-order valence-corrected chi connectivity index (χ3v) is 6.99. The van der Waals surface area contributed by atoms with Gasteiger partial charge in [0.05, 0.1) is 6.54 Å². The fourth-order valence-electron chi connectivity index (χ4n) is 2.55. The minimum absolute atomic E-state index is 0.250. The van der Waals surface area contributed by atoms with Gasteiger partial charge >= 0.3 is 14.9 Å². The molecule has 1 aromatic rings. The fourth-order valence-corrected chi connectivity index (χ4v) is 4.27. The van der Waals surface area contributed by atoms with Crippen molar-refractivity contribution in [1.29, 1.82) is 0 Å². The molecule has 27 heavy (non-hydrogen) atoms. The molecule has 0 aliphatic carbocycles. The number of carbonyl (C=O) groups excluding carboxylic acids is 1. The van der Waals surface area contributed by atoms with Gasteiger partial charge in [0.15, 0.2) is 0 Å². The zero-order chi connectivity index (χ0) is 20.1. The molecule has 0 aromatic heterocycles. The third kappa shape index (κ3) is 7.63. The molecular formula is C17H29N3O6Si. The van der Waals surface area contributed by atoms with E-state index in [0.29, 0.717) is 31.2 Å². The molecule has 9 nitrogen and oxygen atoms in total. The van der Waals surface area contributed by atoms with Crippen molar-refractivity contribution >= 4 is 26.3 Å². The molecule has 0 aliphatic heterocycles. The molecule has 0 bridgehead atoms. The number of likely N-dealkylation sites (N-methyl/N-ethyl adjacent to an activating group) is 1. The molecule has 1 rings (SSSR count). The Morgan fingerprint density at radius 1 is 1.15 bits per heavy atom. The van der Waals surface area contributed by atoms with Gasteiger partial charge in [0.1, 0.15) is 12.3 Å². The van der Waals surface area contributed by atoms with E-state index in [1.807, 2.05) is 24.0 Å². The number of anilines is 1. The van der Waals surface area contributed by atoms with Crippen LogP contribution >= 0.6 is 0 Å². The Hall–Kier alpha value is -2.01. The van der Waals surface area contributed by atoms with Gasteiger partial charge in [0.25, 0.3) is 0 Å². The number of alkyl carbamates (subject to hydrolysis) is 1. The number of rotatable bonds is 13. The Kier molecular flexibility index (Phi) is 10.6. The van der Waals surface area contributed by atoms with Crippen molar-refractivity contribution in [3.05, 3.63) is 29.2 Å². The lowest BCUT2D eigenvalue weighted by Gasteiger charge is -2.24. The van der Waals surface area contributed by atoms with E-state index in [4.69, 9.17) is 18.0 Å². The van der Waals surface area contributed by atoms with Crippen molar-refractivity contribution in [2.45, 2.75) is 19.4 Å². The number of ether oxygens (including phenoxy) is 1. The summed E-state index contributed by atoms with van der Waals surface area (Å²) in [5, 5.41) is 5.58. The van der Waals surface area contributed by atoms with Crippen molar-refractivity contribution in [3.63, 3.8) is 0 Å². The Labute approximate surface area is 161 Å². The minimum atomic E-state index is -2.60. The second kappa shape index (κ2) is 12.4. The van der Waals surface area contributed by atoms with Crippen molar-refractivity contribution < 1.29 is 22.8 Å². The van der Waals surface area contributed by atoms with Gasteiger partial charge in [-0.2, -0.15) is 0 Å². The van der Waals surface area contributed by atoms with Gasteiger partial charge in [-0.05, 0) is 42.8 Å². The quantitative estimate of drug-likeness (QED) is 0.309. The molecular weight excluding hydrogens is 370 g/mol. The standard InChI is InChI=1S/C17H29N3O6Si/c1-5-20(16-9-7-15(19-22)8-10-16)12-13-26-17(21)18-11-6-14-27(23-2,24-3)25-4/h7-10H,5-6,11-14H2,1-4H3,(H,18,21). The predicted molar refractivity (Wildman–Crippen MR) is 105 cm³/mol. The fraction of sp³-hybridized carbons (Fsp3) is 0.588. The number of nitrogens with one attached hydrogen (secondary N) is 1. The maximum absolute atomic E-state index is 11.8. The largest absolute Gasteiger partial charge is 0.500 e. The van der Waals surface area contributed by atoms with Crippen molar-refractivity contribution in [2.75, 3.05) is 52.5 Å². The Morgan fingerprint density at radius 3 is 2.30 bits per heavy atom. The molecule has 0 fully saturated rings. The lowest BCUT2D eigenvalue weighted by atomic mass is 10.2. The summed E-state index contributed by atoms with van der Waals surface area (Å²) in [6.07, 6.45) is 0.195. The molecule has 0 unspecified atom stereocenters. The van der Waals surface area contributed by atoms with E-state index in [0.717, 1.165) is 12.2 Å². The molecule has 0 spiro atoms. The molecule has 152 valence electrons. The lowest BCUT2D eigenvalue weighted by molar-refractivity contribution is 0.122. The number of benzene rings is 1. The zero-order valence-electron chi connectivity index (χ0n) is 16.4. The van der Waals surface area contributed by atoms with Crippen LogP contribution in [0.1, 0.15) is 13.3 Å². The van der Waals surface area contributed by atoms with Crippen molar-refractivity contribution in [1.82, 2.24) is 5.32 Å². The molecule has 0 radical (unpaired) electrons. The SMILES string of the molecule is CCN(CCOC(=O)NCCC[Si](OC)(OC)OC)c1ccc(N=O)cc1. The van der Waals surface area contributed by atoms with E-state index >= 15 is 0 Å². The van der Waals surface area contributed by atoms with Crippen LogP contribution in [0.15, 0.2) is 29.4 Å². The number of hydrogen-bond donors (Lipinski definition) is 1. The van der Waals surface area contributed by atoms with E-state index in [1.54, 1.807) is 33.5 Å². The maximum Gasteiger partial charge on any atom is 0.500 e. The van der Waals surface area contributed by atoms with Crippen LogP contribution in [-0.2, 0) is 18.0 Å². The van der Waals surface area contributed by atoms with Gasteiger partial charge in [-0.25, -0.2) is 4.79 Å². The van der Waals surface area contributed by atoms with E-state index in [9.17, 15) is 9.70 Å². The molecule has 1 amide bonds. The summed E-state index contributed by atoms with van der Waals surface area (Å²) in [6, 6.07) is 7.55.